The molecule has 0 radical (unpaired) electrons. The number of ether oxygens (including phenoxy) is 1. The second kappa shape index (κ2) is 6.83. The third-order valence-electron chi connectivity index (χ3n) is 3.16. The van der Waals surface area contributed by atoms with Crippen LogP contribution in [0.15, 0.2) is 48.5 Å². The largest absolute Gasteiger partial charge is 0.495 e. The first-order valence-corrected chi connectivity index (χ1v) is 6.72. The number of methoxy groups -OCH3 is 1. The summed E-state index contributed by atoms with van der Waals surface area (Å²) >= 11 is 0. The number of benzene rings is 2. The minimum absolute atomic E-state index is 0.916. The summed E-state index contributed by atoms with van der Waals surface area (Å²) in [6.07, 6.45) is 2.21. The van der Waals surface area contributed by atoms with Gasteiger partial charge in [-0.05, 0) is 43.0 Å². The molecule has 2 aromatic carbocycles. The van der Waals surface area contributed by atoms with Gasteiger partial charge in [-0.15, -0.1) is 0 Å². The monoisotopic (exact) mass is 255 g/mol. The van der Waals surface area contributed by atoms with E-state index >= 15 is 0 Å². The lowest BCUT2D eigenvalue weighted by Gasteiger charge is -2.11. The first-order chi connectivity index (χ1) is 9.29. The molecule has 0 aliphatic heterocycles. The van der Waals surface area contributed by atoms with Crippen LogP contribution in [0.4, 0.5) is 5.69 Å². The van der Waals surface area contributed by atoms with E-state index in [1.54, 1.807) is 7.11 Å². The van der Waals surface area contributed by atoms with Crippen molar-refractivity contribution in [3.05, 3.63) is 59.7 Å². The van der Waals surface area contributed by atoms with E-state index in [0.29, 0.717) is 0 Å². The minimum atomic E-state index is 0.916. The molecule has 0 amide bonds. The summed E-state index contributed by atoms with van der Waals surface area (Å²) in [5.41, 5.74) is 3.67. The van der Waals surface area contributed by atoms with Gasteiger partial charge in [0.25, 0.3) is 0 Å². The molecule has 0 saturated heterocycles. The summed E-state index contributed by atoms with van der Waals surface area (Å²) in [7, 11) is 1.71. The van der Waals surface area contributed by atoms with E-state index in [9.17, 15) is 0 Å². The van der Waals surface area contributed by atoms with Crippen LogP contribution >= 0.6 is 0 Å². The van der Waals surface area contributed by atoms with Crippen molar-refractivity contribution >= 4 is 5.69 Å². The highest BCUT2D eigenvalue weighted by molar-refractivity contribution is 5.57. The molecule has 100 valence electrons. The smallest absolute Gasteiger partial charge is 0.142 e. The van der Waals surface area contributed by atoms with Crippen molar-refractivity contribution in [2.45, 2.75) is 19.8 Å². The van der Waals surface area contributed by atoms with Gasteiger partial charge >= 0.3 is 0 Å². The maximum Gasteiger partial charge on any atom is 0.142 e. The Bertz CT molecular complexity index is 508. The molecule has 0 unspecified atom stereocenters. The average Bonchev–Trinajstić information content (AvgIpc) is 2.46. The van der Waals surface area contributed by atoms with Crippen LogP contribution in [0.25, 0.3) is 0 Å². The highest BCUT2D eigenvalue weighted by Gasteiger charge is 2.01. The Morgan fingerprint density at radius 2 is 1.84 bits per heavy atom. The molecule has 0 atom stereocenters. The van der Waals surface area contributed by atoms with Crippen LogP contribution in [0.1, 0.15) is 17.5 Å². The lowest BCUT2D eigenvalue weighted by molar-refractivity contribution is 0.416. The van der Waals surface area contributed by atoms with Crippen LogP contribution in [0.2, 0.25) is 0 Å². The molecule has 19 heavy (non-hydrogen) atoms. The lowest BCUT2D eigenvalue weighted by atomic mass is 10.1. The van der Waals surface area contributed by atoms with Gasteiger partial charge in [-0.1, -0.05) is 36.4 Å². The van der Waals surface area contributed by atoms with Gasteiger partial charge in [0.05, 0.1) is 12.8 Å². The van der Waals surface area contributed by atoms with Gasteiger partial charge in [-0.25, -0.2) is 0 Å². The normalized spacial score (nSPS) is 10.2. The Hall–Kier alpha value is -1.96. The molecule has 0 heterocycles. The second-order valence-electron chi connectivity index (χ2n) is 4.72. The predicted octanol–water partition coefficient (Wildman–Crippen LogP) is 4.05. The Morgan fingerprint density at radius 1 is 1.05 bits per heavy atom. The molecule has 2 aromatic rings. The first kappa shape index (κ1) is 13.5. The molecule has 2 rings (SSSR count). The molecule has 0 saturated carbocycles. The summed E-state index contributed by atoms with van der Waals surface area (Å²) in [5, 5.41) is 3.44. The van der Waals surface area contributed by atoms with Crippen LogP contribution in [0.5, 0.6) is 5.75 Å². The van der Waals surface area contributed by atoms with Gasteiger partial charge in [0.1, 0.15) is 5.75 Å². The number of hydrogen-bond acceptors (Lipinski definition) is 2. The fraction of sp³-hybridized carbons (Fsp3) is 0.294. The molecule has 2 nitrogen and oxygen atoms in total. The van der Waals surface area contributed by atoms with Crippen molar-refractivity contribution in [2.75, 3.05) is 19.0 Å². The van der Waals surface area contributed by atoms with Gasteiger partial charge < -0.3 is 10.1 Å². The molecule has 0 aliphatic carbocycles. The van der Waals surface area contributed by atoms with E-state index in [0.717, 1.165) is 30.8 Å². The topological polar surface area (TPSA) is 21.3 Å². The summed E-state index contributed by atoms with van der Waals surface area (Å²) in [5.74, 6) is 0.916. The standard InChI is InChI=1S/C17H21NO/c1-14-10-11-16(17(13-14)19-2)18-12-6-9-15-7-4-3-5-8-15/h3-5,7-8,10-11,13,18H,6,9,12H2,1-2H3. The molecule has 0 fully saturated rings. The van der Waals surface area contributed by atoms with E-state index in [-0.39, 0.29) is 0 Å². The maximum absolute atomic E-state index is 5.38. The van der Waals surface area contributed by atoms with E-state index in [4.69, 9.17) is 4.74 Å². The van der Waals surface area contributed by atoms with Crippen LogP contribution in [0, 0.1) is 6.92 Å². The van der Waals surface area contributed by atoms with Gasteiger partial charge in [-0.2, -0.15) is 0 Å². The van der Waals surface area contributed by atoms with Crippen molar-refractivity contribution in [1.82, 2.24) is 0 Å². The van der Waals surface area contributed by atoms with Crippen LogP contribution in [0.3, 0.4) is 0 Å². The van der Waals surface area contributed by atoms with E-state index < -0.39 is 0 Å². The number of anilines is 1. The molecule has 0 spiro atoms. The average molecular weight is 255 g/mol. The number of aryl methyl sites for hydroxylation is 2. The Labute approximate surface area is 115 Å². The van der Waals surface area contributed by atoms with Gasteiger partial charge in [0.2, 0.25) is 0 Å². The minimum Gasteiger partial charge on any atom is -0.495 e. The molecule has 2 heteroatoms. The zero-order valence-corrected chi connectivity index (χ0v) is 11.6. The quantitative estimate of drug-likeness (QED) is 0.786. The highest BCUT2D eigenvalue weighted by Crippen LogP contribution is 2.25. The first-order valence-electron chi connectivity index (χ1n) is 6.72. The van der Waals surface area contributed by atoms with Crippen molar-refractivity contribution in [1.29, 1.82) is 0 Å². The molecular weight excluding hydrogens is 234 g/mol. The zero-order valence-electron chi connectivity index (χ0n) is 11.6. The SMILES string of the molecule is COc1cc(C)ccc1NCCCc1ccccc1. The molecule has 0 aromatic heterocycles. The number of rotatable bonds is 6. The molecular formula is C17H21NO. The fourth-order valence-electron chi connectivity index (χ4n) is 2.10. The highest BCUT2D eigenvalue weighted by atomic mass is 16.5. The van der Waals surface area contributed by atoms with Crippen molar-refractivity contribution in [3.8, 4) is 5.75 Å². The summed E-state index contributed by atoms with van der Waals surface area (Å²) in [4.78, 5) is 0. The van der Waals surface area contributed by atoms with E-state index in [1.165, 1.54) is 11.1 Å². The zero-order chi connectivity index (χ0) is 13.5. The van der Waals surface area contributed by atoms with Crippen molar-refractivity contribution in [2.24, 2.45) is 0 Å². The Balaban J connectivity index is 1.83. The summed E-state index contributed by atoms with van der Waals surface area (Å²) in [6, 6.07) is 16.8. The molecule has 0 bridgehead atoms. The second-order valence-corrected chi connectivity index (χ2v) is 4.72. The summed E-state index contributed by atoms with van der Waals surface area (Å²) < 4.78 is 5.38. The van der Waals surface area contributed by atoms with Gasteiger partial charge in [-0.3, -0.25) is 0 Å². The Kier molecular flexibility index (Phi) is 4.85. The van der Waals surface area contributed by atoms with Gasteiger partial charge in [0.15, 0.2) is 0 Å². The Morgan fingerprint density at radius 3 is 2.58 bits per heavy atom. The summed E-state index contributed by atoms with van der Waals surface area (Å²) in [6.45, 7) is 3.02. The van der Waals surface area contributed by atoms with Crippen molar-refractivity contribution < 1.29 is 4.74 Å². The predicted molar refractivity (Wildman–Crippen MR) is 81.0 cm³/mol. The van der Waals surface area contributed by atoms with Crippen molar-refractivity contribution in [3.63, 3.8) is 0 Å². The third-order valence-corrected chi connectivity index (χ3v) is 3.16. The number of nitrogens with one attached hydrogen (secondary N) is 1. The third kappa shape index (κ3) is 4.02. The lowest BCUT2D eigenvalue weighted by Crippen LogP contribution is -2.04. The molecule has 0 aliphatic rings. The van der Waals surface area contributed by atoms with E-state index in [1.807, 2.05) is 0 Å². The maximum atomic E-state index is 5.38. The molecule has 1 N–H and O–H groups in total. The fourth-order valence-corrected chi connectivity index (χ4v) is 2.10. The van der Waals surface area contributed by atoms with Crippen LogP contribution in [-0.4, -0.2) is 13.7 Å². The van der Waals surface area contributed by atoms with Gasteiger partial charge in [0, 0.05) is 6.54 Å². The van der Waals surface area contributed by atoms with E-state index in [2.05, 4.69) is 60.8 Å². The number of hydrogen-bond donors (Lipinski definition) is 1. The van der Waals surface area contributed by atoms with Crippen LogP contribution in [-0.2, 0) is 6.42 Å². The van der Waals surface area contributed by atoms with Crippen LogP contribution < -0.4 is 10.1 Å².